The van der Waals surface area contributed by atoms with Crippen molar-refractivity contribution >= 4 is 17.6 Å². The van der Waals surface area contributed by atoms with Crippen LogP contribution in [-0.4, -0.2) is 19.1 Å². The van der Waals surface area contributed by atoms with Crippen molar-refractivity contribution < 1.29 is 9.53 Å². The summed E-state index contributed by atoms with van der Waals surface area (Å²) in [7, 11) is 0. The number of halogens is 1. The van der Waals surface area contributed by atoms with Crippen molar-refractivity contribution in [1.82, 2.24) is 5.32 Å². The Hall–Kier alpha value is -1.06. The van der Waals surface area contributed by atoms with E-state index in [-0.39, 0.29) is 17.9 Å². The first kappa shape index (κ1) is 15.0. The van der Waals surface area contributed by atoms with Crippen molar-refractivity contribution in [2.45, 2.75) is 26.8 Å². The van der Waals surface area contributed by atoms with Crippen molar-refractivity contribution in [2.24, 2.45) is 5.92 Å². The van der Waals surface area contributed by atoms with Gasteiger partial charge in [-0.15, -0.1) is 0 Å². The van der Waals surface area contributed by atoms with Crippen LogP contribution >= 0.6 is 11.6 Å². The molecule has 0 aromatic heterocycles. The molecule has 0 bridgehead atoms. The summed E-state index contributed by atoms with van der Waals surface area (Å²) >= 11 is 5.94. The Kier molecular flexibility index (Phi) is 6.16. The quantitative estimate of drug-likeness (QED) is 0.806. The SMILES string of the molecule is CCOC(=O)C(C)CN[C@H](C)c1cccc(Cl)c1. The molecule has 100 valence electrons. The molecule has 1 N–H and O–H groups in total. The summed E-state index contributed by atoms with van der Waals surface area (Å²) < 4.78 is 4.96. The monoisotopic (exact) mass is 269 g/mol. The average Bonchev–Trinajstić information content (AvgIpc) is 2.35. The Labute approximate surface area is 113 Å². The van der Waals surface area contributed by atoms with Crippen molar-refractivity contribution in [3.8, 4) is 0 Å². The van der Waals surface area contributed by atoms with Gasteiger partial charge in [-0.3, -0.25) is 4.79 Å². The van der Waals surface area contributed by atoms with Gasteiger partial charge in [-0.25, -0.2) is 0 Å². The van der Waals surface area contributed by atoms with Crippen LogP contribution in [0.4, 0.5) is 0 Å². The van der Waals surface area contributed by atoms with Crippen molar-refractivity contribution in [1.29, 1.82) is 0 Å². The van der Waals surface area contributed by atoms with E-state index in [9.17, 15) is 4.79 Å². The zero-order valence-corrected chi connectivity index (χ0v) is 11.8. The molecule has 0 saturated carbocycles. The predicted octanol–water partition coefficient (Wildman–Crippen LogP) is 3.19. The fourth-order valence-corrected chi connectivity index (χ4v) is 1.81. The van der Waals surface area contributed by atoms with Crippen molar-refractivity contribution in [3.05, 3.63) is 34.9 Å². The van der Waals surface area contributed by atoms with Crippen LogP contribution in [0.2, 0.25) is 5.02 Å². The fourth-order valence-electron chi connectivity index (χ4n) is 1.62. The molecule has 4 heteroatoms. The topological polar surface area (TPSA) is 38.3 Å². The van der Waals surface area contributed by atoms with Crippen molar-refractivity contribution in [3.63, 3.8) is 0 Å². The molecule has 1 unspecified atom stereocenters. The molecule has 2 atom stereocenters. The van der Waals surface area contributed by atoms with E-state index in [1.165, 1.54) is 0 Å². The van der Waals surface area contributed by atoms with Gasteiger partial charge in [0.25, 0.3) is 0 Å². The number of hydrogen-bond donors (Lipinski definition) is 1. The van der Waals surface area contributed by atoms with E-state index in [0.29, 0.717) is 13.2 Å². The third-order valence-corrected chi connectivity index (χ3v) is 3.00. The predicted molar refractivity (Wildman–Crippen MR) is 73.7 cm³/mol. The average molecular weight is 270 g/mol. The molecule has 1 aromatic rings. The highest BCUT2D eigenvalue weighted by Crippen LogP contribution is 2.17. The number of carbonyl (C=O) groups is 1. The van der Waals surface area contributed by atoms with Gasteiger partial charge in [0, 0.05) is 17.6 Å². The second kappa shape index (κ2) is 7.39. The molecular formula is C14H20ClNO2. The second-order valence-corrected chi connectivity index (χ2v) is 4.77. The summed E-state index contributed by atoms with van der Waals surface area (Å²) in [6.07, 6.45) is 0. The minimum absolute atomic E-state index is 0.147. The molecule has 0 spiro atoms. The Bertz CT molecular complexity index is 395. The minimum atomic E-state index is -0.164. The van der Waals surface area contributed by atoms with Crippen LogP contribution in [0.25, 0.3) is 0 Å². The highest BCUT2D eigenvalue weighted by atomic mass is 35.5. The largest absolute Gasteiger partial charge is 0.466 e. The van der Waals surface area contributed by atoms with Gasteiger partial charge in [-0.2, -0.15) is 0 Å². The molecule has 0 amide bonds. The Balaban J connectivity index is 2.46. The minimum Gasteiger partial charge on any atom is -0.466 e. The highest BCUT2D eigenvalue weighted by Gasteiger charge is 2.15. The van der Waals surface area contributed by atoms with E-state index in [2.05, 4.69) is 5.32 Å². The summed E-state index contributed by atoms with van der Waals surface area (Å²) in [6.45, 7) is 6.73. The van der Waals surface area contributed by atoms with Gasteiger partial charge in [0.2, 0.25) is 0 Å². The van der Waals surface area contributed by atoms with Crippen LogP contribution in [0, 0.1) is 5.92 Å². The maximum Gasteiger partial charge on any atom is 0.309 e. The first-order chi connectivity index (χ1) is 8.54. The van der Waals surface area contributed by atoms with E-state index in [1.54, 1.807) is 0 Å². The van der Waals surface area contributed by atoms with E-state index in [4.69, 9.17) is 16.3 Å². The first-order valence-electron chi connectivity index (χ1n) is 6.20. The lowest BCUT2D eigenvalue weighted by atomic mass is 10.1. The molecule has 1 aromatic carbocycles. The third-order valence-electron chi connectivity index (χ3n) is 2.77. The van der Waals surface area contributed by atoms with Gasteiger partial charge in [0.05, 0.1) is 12.5 Å². The van der Waals surface area contributed by atoms with Crippen LogP contribution in [0.1, 0.15) is 32.4 Å². The molecular weight excluding hydrogens is 250 g/mol. The summed E-state index contributed by atoms with van der Waals surface area (Å²) in [5.74, 6) is -0.310. The number of rotatable bonds is 6. The van der Waals surface area contributed by atoms with E-state index >= 15 is 0 Å². The molecule has 18 heavy (non-hydrogen) atoms. The Morgan fingerprint density at radius 3 is 2.78 bits per heavy atom. The van der Waals surface area contributed by atoms with Gasteiger partial charge >= 0.3 is 5.97 Å². The van der Waals surface area contributed by atoms with Gasteiger partial charge in [0.15, 0.2) is 0 Å². The van der Waals surface area contributed by atoms with E-state index < -0.39 is 0 Å². The lowest BCUT2D eigenvalue weighted by Gasteiger charge is -2.17. The molecule has 0 saturated heterocycles. The molecule has 3 nitrogen and oxygen atoms in total. The lowest BCUT2D eigenvalue weighted by molar-refractivity contribution is -0.147. The number of hydrogen-bond acceptors (Lipinski definition) is 3. The number of esters is 1. The van der Waals surface area contributed by atoms with Crippen LogP contribution < -0.4 is 5.32 Å². The molecule has 0 aliphatic heterocycles. The number of nitrogens with one attached hydrogen (secondary N) is 1. The molecule has 0 heterocycles. The summed E-state index contributed by atoms with van der Waals surface area (Å²) in [6, 6.07) is 7.86. The molecule has 1 rings (SSSR count). The van der Waals surface area contributed by atoms with Gasteiger partial charge in [-0.1, -0.05) is 30.7 Å². The van der Waals surface area contributed by atoms with E-state index in [0.717, 1.165) is 10.6 Å². The van der Waals surface area contributed by atoms with Gasteiger partial charge in [0.1, 0.15) is 0 Å². The fraction of sp³-hybridized carbons (Fsp3) is 0.500. The summed E-state index contributed by atoms with van der Waals surface area (Å²) in [5, 5.41) is 4.03. The van der Waals surface area contributed by atoms with E-state index in [1.807, 2.05) is 45.0 Å². The van der Waals surface area contributed by atoms with Crippen molar-refractivity contribution in [2.75, 3.05) is 13.2 Å². The van der Waals surface area contributed by atoms with Gasteiger partial charge < -0.3 is 10.1 Å². The molecule has 0 radical (unpaired) electrons. The number of carbonyl (C=O) groups excluding carboxylic acids is 1. The number of benzene rings is 1. The van der Waals surface area contributed by atoms with Gasteiger partial charge in [-0.05, 0) is 31.5 Å². The number of ether oxygens (including phenoxy) is 1. The summed E-state index contributed by atoms with van der Waals surface area (Å²) in [4.78, 5) is 11.5. The lowest BCUT2D eigenvalue weighted by Crippen LogP contribution is -2.29. The first-order valence-corrected chi connectivity index (χ1v) is 6.57. The molecule has 0 aliphatic carbocycles. The summed E-state index contributed by atoms with van der Waals surface area (Å²) in [5.41, 5.74) is 1.11. The third kappa shape index (κ3) is 4.67. The van der Waals surface area contributed by atoms with Crippen LogP contribution in [0.3, 0.4) is 0 Å². The van der Waals surface area contributed by atoms with Crippen LogP contribution in [0.15, 0.2) is 24.3 Å². The molecule has 0 fully saturated rings. The maximum absolute atomic E-state index is 11.5. The smallest absolute Gasteiger partial charge is 0.309 e. The highest BCUT2D eigenvalue weighted by molar-refractivity contribution is 6.30. The normalized spacial score (nSPS) is 14.0. The molecule has 0 aliphatic rings. The second-order valence-electron chi connectivity index (χ2n) is 4.34. The Morgan fingerprint density at radius 1 is 1.44 bits per heavy atom. The van der Waals surface area contributed by atoms with Crippen LogP contribution in [-0.2, 0) is 9.53 Å². The zero-order chi connectivity index (χ0) is 13.5. The van der Waals surface area contributed by atoms with Crippen LogP contribution in [0.5, 0.6) is 0 Å². The maximum atomic E-state index is 11.5. The zero-order valence-electron chi connectivity index (χ0n) is 11.1. The Morgan fingerprint density at radius 2 is 2.17 bits per heavy atom. The standard InChI is InChI=1S/C14H20ClNO2/c1-4-18-14(17)10(2)9-16-11(3)12-6-5-7-13(15)8-12/h5-8,10-11,16H,4,9H2,1-3H3/t10?,11-/m1/s1.